The molecule has 0 saturated heterocycles. The van der Waals surface area contributed by atoms with Crippen molar-refractivity contribution in [3.63, 3.8) is 0 Å². The van der Waals surface area contributed by atoms with E-state index in [0.717, 1.165) is 18.6 Å². The number of hydrogen-bond donors (Lipinski definition) is 2. The zero-order valence-corrected chi connectivity index (χ0v) is 7.42. The molecule has 0 aromatic heterocycles. The van der Waals surface area contributed by atoms with Gasteiger partial charge in [-0.1, -0.05) is 13.3 Å². The van der Waals surface area contributed by atoms with Gasteiger partial charge in [0.15, 0.2) is 5.54 Å². The van der Waals surface area contributed by atoms with Gasteiger partial charge in [-0.2, -0.15) is 5.10 Å². The molecule has 68 valence electrons. The van der Waals surface area contributed by atoms with Crippen molar-refractivity contribution in [2.75, 3.05) is 0 Å². The summed E-state index contributed by atoms with van der Waals surface area (Å²) in [6.07, 6.45) is 2.42. The molecule has 4 heteroatoms. The van der Waals surface area contributed by atoms with Crippen LogP contribution in [0.25, 0.3) is 0 Å². The van der Waals surface area contributed by atoms with Crippen molar-refractivity contribution in [3.05, 3.63) is 0 Å². The van der Waals surface area contributed by atoms with Crippen LogP contribution in [0.2, 0.25) is 0 Å². The fourth-order valence-electron chi connectivity index (χ4n) is 1.25. The summed E-state index contributed by atoms with van der Waals surface area (Å²) in [4.78, 5) is 10.7. The van der Waals surface area contributed by atoms with E-state index in [-0.39, 0.29) is 0 Å². The van der Waals surface area contributed by atoms with Gasteiger partial charge in [0.25, 0.3) is 0 Å². The van der Waals surface area contributed by atoms with Gasteiger partial charge in [0, 0.05) is 12.1 Å². The molecule has 1 atom stereocenters. The van der Waals surface area contributed by atoms with Crippen molar-refractivity contribution in [1.29, 1.82) is 0 Å². The smallest absolute Gasteiger partial charge is 0.331 e. The monoisotopic (exact) mass is 170 g/mol. The molecule has 1 aliphatic heterocycles. The SMILES string of the molecule is CCCC1=NNC(C)(C(=O)O)C1. The van der Waals surface area contributed by atoms with E-state index in [1.54, 1.807) is 6.92 Å². The highest BCUT2D eigenvalue weighted by Crippen LogP contribution is 2.18. The summed E-state index contributed by atoms with van der Waals surface area (Å²) in [5, 5.41) is 12.8. The number of carboxylic acid groups (broad SMARTS) is 1. The first-order valence-electron chi connectivity index (χ1n) is 4.14. The second-order valence-electron chi connectivity index (χ2n) is 3.35. The Bertz CT molecular complexity index is 225. The summed E-state index contributed by atoms with van der Waals surface area (Å²) < 4.78 is 0. The number of hydrogen-bond acceptors (Lipinski definition) is 3. The number of hydrazone groups is 1. The second kappa shape index (κ2) is 3.13. The van der Waals surface area contributed by atoms with Gasteiger partial charge in [0.05, 0.1) is 0 Å². The zero-order valence-electron chi connectivity index (χ0n) is 7.42. The summed E-state index contributed by atoms with van der Waals surface area (Å²) in [5.41, 5.74) is 2.75. The standard InChI is InChI=1S/C8H14N2O2/c1-3-4-6-5-8(2,7(11)12)10-9-6/h10H,3-5H2,1-2H3,(H,11,12). The Hall–Kier alpha value is -1.06. The van der Waals surface area contributed by atoms with Crippen LogP contribution in [0, 0.1) is 0 Å². The molecule has 0 aliphatic carbocycles. The maximum Gasteiger partial charge on any atom is 0.331 e. The van der Waals surface area contributed by atoms with E-state index in [0.29, 0.717) is 6.42 Å². The van der Waals surface area contributed by atoms with Crippen molar-refractivity contribution in [1.82, 2.24) is 5.43 Å². The van der Waals surface area contributed by atoms with Gasteiger partial charge in [-0.25, -0.2) is 4.79 Å². The number of nitrogens with zero attached hydrogens (tertiary/aromatic N) is 1. The molecule has 0 bridgehead atoms. The van der Waals surface area contributed by atoms with Gasteiger partial charge >= 0.3 is 5.97 Å². The van der Waals surface area contributed by atoms with Crippen LogP contribution in [0.4, 0.5) is 0 Å². The number of rotatable bonds is 3. The first-order valence-corrected chi connectivity index (χ1v) is 4.14. The molecule has 0 aromatic carbocycles. The Morgan fingerprint density at radius 3 is 2.92 bits per heavy atom. The molecule has 0 saturated carbocycles. The van der Waals surface area contributed by atoms with Crippen molar-refractivity contribution in [2.45, 2.75) is 38.6 Å². The summed E-state index contributed by atoms with van der Waals surface area (Å²) in [6, 6.07) is 0. The van der Waals surface area contributed by atoms with Crippen LogP contribution in [0.3, 0.4) is 0 Å². The van der Waals surface area contributed by atoms with Crippen molar-refractivity contribution < 1.29 is 9.90 Å². The topological polar surface area (TPSA) is 61.7 Å². The van der Waals surface area contributed by atoms with Crippen molar-refractivity contribution in [3.8, 4) is 0 Å². The minimum Gasteiger partial charge on any atom is -0.479 e. The number of aliphatic carboxylic acids is 1. The van der Waals surface area contributed by atoms with E-state index >= 15 is 0 Å². The minimum atomic E-state index is -0.871. The highest BCUT2D eigenvalue weighted by Gasteiger charge is 2.37. The van der Waals surface area contributed by atoms with Crippen LogP contribution in [0.1, 0.15) is 33.1 Å². The average Bonchev–Trinajstić information content (AvgIpc) is 2.34. The van der Waals surface area contributed by atoms with Gasteiger partial charge in [-0.15, -0.1) is 0 Å². The first kappa shape index (κ1) is 9.03. The maximum atomic E-state index is 10.7. The summed E-state index contributed by atoms with van der Waals surface area (Å²) in [5.74, 6) is -0.836. The van der Waals surface area contributed by atoms with Gasteiger partial charge < -0.3 is 5.11 Å². The van der Waals surface area contributed by atoms with E-state index in [1.165, 1.54) is 0 Å². The highest BCUT2D eigenvalue weighted by atomic mass is 16.4. The lowest BCUT2D eigenvalue weighted by atomic mass is 9.96. The van der Waals surface area contributed by atoms with Gasteiger partial charge in [-0.05, 0) is 13.3 Å². The summed E-state index contributed by atoms with van der Waals surface area (Å²) >= 11 is 0. The predicted molar refractivity (Wildman–Crippen MR) is 46.1 cm³/mol. The molecule has 1 heterocycles. The third kappa shape index (κ3) is 1.57. The lowest BCUT2D eigenvalue weighted by Crippen LogP contribution is -2.43. The van der Waals surface area contributed by atoms with E-state index < -0.39 is 11.5 Å². The fraction of sp³-hybridized carbons (Fsp3) is 0.750. The van der Waals surface area contributed by atoms with Crippen LogP contribution in [-0.2, 0) is 4.79 Å². The largest absolute Gasteiger partial charge is 0.479 e. The Morgan fingerprint density at radius 1 is 1.83 bits per heavy atom. The van der Waals surface area contributed by atoms with E-state index in [4.69, 9.17) is 5.11 Å². The normalized spacial score (nSPS) is 28.0. The van der Waals surface area contributed by atoms with Gasteiger partial charge in [0.1, 0.15) is 0 Å². The highest BCUT2D eigenvalue weighted by molar-refractivity contribution is 5.94. The van der Waals surface area contributed by atoms with Gasteiger partial charge in [-0.3, -0.25) is 5.43 Å². The Balaban J connectivity index is 2.55. The molecule has 0 radical (unpaired) electrons. The average molecular weight is 170 g/mol. The van der Waals surface area contributed by atoms with E-state index in [9.17, 15) is 4.79 Å². The van der Waals surface area contributed by atoms with Crippen LogP contribution >= 0.6 is 0 Å². The Labute approximate surface area is 71.7 Å². The van der Waals surface area contributed by atoms with Crippen LogP contribution in [0.5, 0.6) is 0 Å². The predicted octanol–water partition coefficient (Wildman–Crippen LogP) is 0.979. The molecule has 1 aliphatic rings. The molecular formula is C8H14N2O2. The molecule has 4 nitrogen and oxygen atoms in total. The fourth-order valence-corrected chi connectivity index (χ4v) is 1.25. The van der Waals surface area contributed by atoms with Crippen molar-refractivity contribution in [2.24, 2.45) is 5.10 Å². The second-order valence-corrected chi connectivity index (χ2v) is 3.35. The van der Waals surface area contributed by atoms with Crippen LogP contribution in [0.15, 0.2) is 5.10 Å². The molecule has 1 unspecified atom stereocenters. The van der Waals surface area contributed by atoms with Crippen molar-refractivity contribution >= 4 is 11.7 Å². The van der Waals surface area contributed by atoms with Crippen LogP contribution in [-0.4, -0.2) is 22.3 Å². The Morgan fingerprint density at radius 2 is 2.50 bits per heavy atom. The minimum absolute atomic E-state index is 0.524. The molecule has 0 aromatic rings. The first-order chi connectivity index (χ1) is 5.58. The van der Waals surface area contributed by atoms with Crippen LogP contribution < -0.4 is 5.43 Å². The molecular weight excluding hydrogens is 156 g/mol. The zero-order chi connectivity index (χ0) is 9.19. The van der Waals surface area contributed by atoms with E-state index in [2.05, 4.69) is 17.5 Å². The molecule has 1 rings (SSSR count). The molecule has 0 amide bonds. The number of carboxylic acids is 1. The molecule has 0 fully saturated rings. The Kier molecular flexibility index (Phi) is 2.35. The lowest BCUT2D eigenvalue weighted by Gasteiger charge is -2.16. The molecule has 12 heavy (non-hydrogen) atoms. The van der Waals surface area contributed by atoms with Gasteiger partial charge in [0.2, 0.25) is 0 Å². The lowest BCUT2D eigenvalue weighted by molar-refractivity contribution is -0.143. The summed E-state index contributed by atoms with van der Waals surface area (Å²) in [6.45, 7) is 3.71. The number of nitrogens with one attached hydrogen (secondary N) is 1. The molecule has 0 spiro atoms. The maximum absolute atomic E-state index is 10.7. The molecule has 2 N–H and O–H groups in total. The van der Waals surface area contributed by atoms with E-state index in [1.807, 2.05) is 0 Å². The quantitative estimate of drug-likeness (QED) is 0.663. The third-order valence-electron chi connectivity index (χ3n) is 2.03. The third-order valence-corrected chi connectivity index (χ3v) is 2.03. The summed E-state index contributed by atoms with van der Waals surface area (Å²) in [7, 11) is 0. The number of carbonyl (C=O) groups is 1.